The number of benzene rings is 2. The normalized spacial score (nSPS) is 16.4. The number of sulfonamides is 2. The topological polar surface area (TPSA) is 83.5 Å². The van der Waals surface area contributed by atoms with E-state index in [-0.39, 0.29) is 15.6 Å². The molecule has 3 rings (SSSR count). The van der Waals surface area contributed by atoms with Crippen molar-refractivity contribution in [1.82, 2.24) is 4.31 Å². The third kappa shape index (κ3) is 4.90. The minimum Gasteiger partial charge on any atom is -0.280 e. The van der Waals surface area contributed by atoms with E-state index in [1.807, 2.05) is 0 Å². The maximum atomic E-state index is 12.9. The summed E-state index contributed by atoms with van der Waals surface area (Å²) in [5.74, 6) is 0. The van der Waals surface area contributed by atoms with Crippen LogP contribution in [0, 0.1) is 0 Å². The van der Waals surface area contributed by atoms with Gasteiger partial charge in [0, 0.05) is 18.8 Å². The van der Waals surface area contributed by atoms with E-state index in [1.165, 1.54) is 28.6 Å². The molecule has 164 valence electrons. The largest absolute Gasteiger partial charge is 0.416 e. The minimum absolute atomic E-state index is 0.00412. The van der Waals surface area contributed by atoms with Crippen molar-refractivity contribution in [1.29, 1.82) is 0 Å². The van der Waals surface area contributed by atoms with Crippen molar-refractivity contribution in [2.24, 2.45) is 0 Å². The highest BCUT2D eigenvalue weighted by atomic mass is 35.5. The van der Waals surface area contributed by atoms with E-state index in [0.29, 0.717) is 25.2 Å². The first-order chi connectivity index (χ1) is 13.9. The van der Waals surface area contributed by atoms with Crippen molar-refractivity contribution in [3.63, 3.8) is 0 Å². The van der Waals surface area contributed by atoms with Crippen LogP contribution in [0.1, 0.15) is 24.8 Å². The molecule has 1 saturated heterocycles. The second kappa shape index (κ2) is 8.37. The Morgan fingerprint density at radius 3 is 2.07 bits per heavy atom. The van der Waals surface area contributed by atoms with E-state index < -0.39 is 36.7 Å². The Labute approximate surface area is 177 Å². The molecule has 0 aliphatic carbocycles. The summed E-state index contributed by atoms with van der Waals surface area (Å²) in [5.41, 5.74) is -1.17. The monoisotopic (exact) mass is 482 g/mol. The van der Waals surface area contributed by atoms with Gasteiger partial charge in [0.1, 0.15) is 4.90 Å². The highest BCUT2D eigenvalue weighted by Crippen LogP contribution is 2.34. The number of nitrogens with one attached hydrogen (secondary N) is 1. The van der Waals surface area contributed by atoms with E-state index in [2.05, 4.69) is 4.72 Å². The molecule has 2 aromatic carbocycles. The van der Waals surface area contributed by atoms with Crippen molar-refractivity contribution in [3.05, 3.63) is 53.1 Å². The van der Waals surface area contributed by atoms with Crippen molar-refractivity contribution < 1.29 is 30.0 Å². The van der Waals surface area contributed by atoms with Gasteiger partial charge in [-0.05, 0) is 55.3 Å². The zero-order chi connectivity index (χ0) is 22.2. The Morgan fingerprint density at radius 1 is 0.900 bits per heavy atom. The Morgan fingerprint density at radius 2 is 1.50 bits per heavy atom. The first kappa shape index (κ1) is 22.9. The lowest BCUT2D eigenvalue weighted by Crippen LogP contribution is -2.35. The lowest BCUT2D eigenvalue weighted by atomic mass is 10.2. The Balaban J connectivity index is 1.85. The third-order valence-corrected chi connectivity index (χ3v) is 8.38. The van der Waals surface area contributed by atoms with Gasteiger partial charge < -0.3 is 0 Å². The Bertz CT molecular complexity index is 1130. The minimum atomic E-state index is -4.74. The standard InChI is InChI=1S/C18H18ClF3N2O4S2/c19-16-9-4-13(18(20,21)22)12-17(16)29(25,26)23-14-5-7-15(8-6-14)30(27,28)24-10-2-1-3-11-24/h4-9,12,23H,1-3,10-11H2. The molecule has 2 aromatic rings. The van der Waals surface area contributed by atoms with Gasteiger partial charge in [0.15, 0.2) is 0 Å². The molecule has 1 heterocycles. The van der Waals surface area contributed by atoms with Gasteiger partial charge in [-0.1, -0.05) is 18.0 Å². The van der Waals surface area contributed by atoms with Gasteiger partial charge in [-0.2, -0.15) is 17.5 Å². The summed E-state index contributed by atoms with van der Waals surface area (Å²) in [6.07, 6.45) is -2.23. The molecule has 1 aliphatic heterocycles. The smallest absolute Gasteiger partial charge is 0.280 e. The number of hydrogen-bond acceptors (Lipinski definition) is 4. The third-order valence-electron chi connectivity index (χ3n) is 4.61. The molecule has 0 spiro atoms. The first-order valence-electron chi connectivity index (χ1n) is 8.91. The number of rotatable bonds is 5. The lowest BCUT2D eigenvalue weighted by molar-refractivity contribution is -0.137. The predicted octanol–water partition coefficient (Wildman–Crippen LogP) is 4.33. The number of hydrogen-bond donors (Lipinski definition) is 1. The molecule has 0 bridgehead atoms. The van der Waals surface area contributed by atoms with Crippen LogP contribution in [-0.2, 0) is 26.2 Å². The summed E-state index contributed by atoms with van der Waals surface area (Å²) in [6, 6.07) is 6.94. The van der Waals surface area contributed by atoms with Crippen LogP contribution < -0.4 is 4.72 Å². The van der Waals surface area contributed by atoms with Crippen LogP contribution in [0.4, 0.5) is 18.9 Å². The fourth-order valence-electron chi connectivity index (χ4n) is 3.05. The van der Waals surface area contributed by atoms with Gasteiger partial charge in [0.2, 0.25) is 10.0 Å². The van der Waals surface area contributed by atoms with Crippen molar-refractivity contribution in [2.75, 3.05) is 17.8 Å². The summed E-state index contributed by atoms with van der Waals surface area (Å²) >= 11 is 5.80. The van der Waals surface area contributed by atoms with Gasteiger partial charge in [-0.15, -0.1) is 0 Å². The van der Waals surface area contributed by atoms with Crippen molar-refractivity contribution in [2.45, 2.75) is 35.2 Å². The Hall–Kier alpha value is -1.82. The summed E-state index contributed by atoms with van der Waals surface area (Å²) < 4.78 is 92.6. The van der Waals surface area contributed by atoms with E-state index >= 15 is 0 Å². The quantitative estimate of drug-likeness (QED) is 0.687. The van der Waals surface area contributed by atoms with Crippen molar-refractivity contribution >= 4 is 37.3 Å². The number of nitrogens with zero attached hydrogens (tertiary/aromatic N) is 1. The number of alkyl halides is 3. The van der Waals surface area contributed by atoms with Crippen LogP contribution in [0.5, 0.6) is 0 Å². The molecule has 0 saturated carbocycles. The van der Waals surface area contributed by atoms with Gasteiger partial charge in [0.05, 0.1) is 15.5 Å². The van der Waals surface area contributed by atoms with Crippen LogP contribution >= 0.6 is 11.6 Å². The molecule has 0 radical (unpaired) electrons. The molecule has 0 unspecified atom stereocenters. The number of anilines is 1. The van der Waals surface area contributed by atoms with Gasteiger partial charge in [-0.25, -0.2) is 16.8 Å². The summed E-state index contributed by atoms with van der Waals surface area (Å²) in [7, 11) is -8.13. The molecule has 0 atom stereocenters. The Kier molecular flexibility index (Phi) is 6.38. The van der Waals surface area contributed by atoms with Crippen LogP contribution in [0.25, 0.3) is 0 Å². The van der Waals surface area contributed by atoms with Gasteiger partial charge >= 0.3 is 6.18 Å². The van der Waals surface area contributed by atoms with Crippen LogP contribution in [-0.4, -0.2) is 34.2 Å². The molecular weight excluding hydrogens is 465 g/mol. The van der Waals surface area contributed by atoms with Crippen LogP contribution in [0.2, 0.25) is 5.02 Å². The number of halogens is 4. The maximum absolute atomic E-state index is 12.9. The summed E-state index contributed by atoms with van der Waals surface area (Å²) in [6.45, 7) is 0.843. The average molecular weight is 483 g/mol. The predicted molar refractivity (Wildman–Crippen MR) is 106 cm³/mol. The van der Waals surface area contributed by atoms with Crippen molar-refractivity contribution in [3.8, 4) is 0 Å². The maximum Gasteiger partial charge on any atom is 0.416 e. The molecular formula is C18H18ClF3N2O4S2. The highest BCUT2D eigenvalue weighted by Gasteiger charge is 2.33. The second-order valence-electron chi connectivity index (χ2n) is 6.74. The fraction of sp³-hybridized carbons (Fsp3) is 0.333. The van der Waals surface area contributed by atoms with E-state index in [0.717, 1.165) is 25.3 Å². The van der Waals surface area contributed by atoms with Gasteiger partial charge in [-0.3, -0.25) is 4.72 Å². The summed E-state index contributed by atoms with van der Waals surface area (Å²) in [4.78, 5) is -0.728. The van der Waals surface area contributed by atoms with E-state index in [4.69, 9.17) is 11.6 Å². The zero-order valence-electron chi connectivity index (χ0n) is 15.5. The lowest BCUT2D eigenvalue weighted by Gasteiger charge is -2.25. The molecule has 1 N–H and O–H groups in total. The van der Waals surface area contributed by atoms with Crippen LogP contribution in [0.3, 0.4) is 0 Å². The molecule has 0 aromatic heterocycles. The molecule has 30 heavy (non-hydrogen) atoms. The molecule has 0 amide bonds. The van der Waals surface area contributed by atoms with Gasteiger partial charge in [0.25, 0.3) is 10.0 Å². The van der Waals surface area contributed by atoms with Crippen LogP contribution in [0.15, 0.2) is 52.3 Å². The van der Waals surface area contributed by atoms with E-state index in [9.17, 15) is 30.0 Å². The fourth-order valence-corrected chi connectivity index (χ4v) is 6.15. The first-order valence-corrected chi connectivity index (χ1v) is 12.2. The highest BCUT2D eigenvalue weighted by molar-refractivity contribution is 7.92. The molecule has 1 aliphatic rings. The number of piperidine rings is 1. The molecule has 1 fully saturated rings. The summed E-state index contributed by atoms with van der Waals surface area (Å²) in [5, 5.41) is -0.375. The SMILES string of the molecule is O=S(=O)(Nc1ccc(S(=O)(=O)N2CCCCC2)cc1)c1cc(C(F)(F)F)ccc1Cl. The average Bonchev–Trinajstić information content (AvgIpc) is 2.68. The molecule has 6 nitrogen and oxygen atoms in total. The second-order valence-corrected chi connectivity index (χ2v) is 10.7. The zero-order valence-corrected chi connectivity index (χ0v) is 17.9. The molecule has 12 heteroatoms. The van der Waals surface area contributed by atoms with E-state index in [1.54, 1.807) is 0 Å².